The van der Waals surface area contributed by atoms with Crippen molar-refractivity contribution in [3.05, 3.63) is 34.9 Å². The van der Waals surface area contributed by atoms with Gasteiger partial charge in [-0.05, 0) is 11.6 Å². The van der Waals surface area contributed by atoms with Crippen LogP contribution in [-0.2, 0) is 6.54 Å². The van der Waals surface area contributed by atoms with E-state index in [-0.39, 0.29) is 6.73 Å². The summed E-state index contributed by atoms with van der Waals surface area (Å²) in [6.07, 6.45) is 0. The molecule has 1 aromatic rings. The van der Waals surface area contributed by atoms with E-state index in [1.54, 1.807) is 0 Å². The lowest BCUT2D eigenvalue weighted by Crippen LogP contribution is -2.13. The summed E-state index contributed by atoms with van der Waals surface area (Å²) < 4.78 is 0. The number of aliphatic hydroxyl groups excluding tert-OH is 1. The van der Waals surface area contributed by atoms with Gasteiger partial charge in [0.15, 0.2) is 0 Å². The van der Waals surface area contributed by atoms with Crippen LogP contribution >= 0.6 is 11.6 Å². The summed E-state index contributed by atoms with van der Waals surface area (Å²) in [6, 6.07) is 7.55. The maximum absolute atomic E-state index is 8.46. The molecule has 0 saturated heterocycles. The summed E-state index contributed by atoms with van der Waals surface area (Å²) in [5.41, 5.74) is 1.00. The molecule has 2 nitrogen and oxygen atoms in total. The molecule has 1 rings (SSSR count). The highest BCUT2D eigenvalue weighted by Gasteiger charge is 1.95. The van der Waals surface area contributed by atoms with Gasteiger partial charge in [0.1, 0.15) is 0 Å². The highest BCUT2D eigenvalue weighted by atomic mass is 35.5. The number of aliphatic hydroxyl groups is 1. The Kier molecular flexibility index (Phi) is 3.36. The maximum atomic E-state index is 8.46. The molecule has 0 heterocycles. The Balaban J connectivity index is 2.62. The van der Waals surface area contributed by atoms with Gasteiger partial charge in [-0.3, -0.25) is 5.32 Å². The van der Waals surface area contributed by atoms with Gasteiger partial charge in [0.05, 0.1) is 6.73 Å². The lowest BCUT2D eigenvalue weighted by Gasteiger charge is -2.02. The second-order valence-corrected chi connectivity index (χ2v) is 2.58. The average molecular weight is 172 g/mol. The zero-order valence-corrected chi connectivity index (χ0v) is 6.80. The van der Waals surface area contributed by atoms with Crippen molar-refractivity contribution in [2.45, 2.75) is 6.54 Å². The molecule has 1 aromatic carbocycles. The predicted octanol–water partition coefficient (Wildman–Crippen LogP) is 1.38. The summed E-state index contributed by atoms with van der Waals surface area (Å²) in [5.74, 6) is 0. The fraction of sp³-hybridized carbons (Fsp3) is 0.250. The molecule has 3 heteroatoms. The quantitative estimate of drug-likeness (QED) is 0.674. The highest BCUT2D eigenvalue weighted by molar-refractivity contribution is 6.31. The van der Waals surface area contributed by atoms with Crippen LogP contribution in [0.2, 0.25) is 5.02 Å². The third-order valence-electron chi connectivity index (χ3n) is 1.39. The van der Waals surface area contributed by atoms with Crippen LogP contribution in [0.4, 0.5) is 0 Å². The maximum Gasteiger partial charge on any atom is 0.0934 e. The number of rotatable bonds is 3. The van der Waals surface area contributed by atoms with Crippen LogP contribution in [0, 0.1) is 0 Å². The Hall–Kier alpha value is -0.570. The smallest absolute Gasteiger partial charge is 0.0934 e. The monoisotopic (exact) mass is 171 g/mol. The van der Waals surface area contributed by atoms with Gasteiger partial charge in [0.2, 0.25) is 0 Å². The summed E-state index contributed by atoms with van der Waals surface area (Å²) in [5, 5.41) is 12.0. The largest absolute Gasteiger partial charge is 0.381 e. The van der Waals surface area contributed by atoms with Crippen molar-refractivity contribution in [1.82, 2.24) is 5.32 Å². The van der Waals surface area contributed by atoms with Crippen molar-refractivity contribution in [1.29, 1.82) is 0 Å². The summed E-state index contributed by atoms with van der Waals surface area (Å²) >= 11 is 5.84. The molecule has 0 aliphatic rings. The van der Waals surface area contributed by atoms with Crippen molar-refractivity contribution in [2.75, 3.05) is 6.73 Å². The normalized spacial score (nSPS) is 10.0. The third kappa shape index (κ3) is 2.50. The van der Waals surface area contributed by atoms with E-state index >= 15 is 0 Å². The number of hydrogen-bond donors (Lipinski definition) is 2. The third-order valence-corrected chi connectivity index (χ3v) is 1.75. The zero-order chi connectivity index (χ0) is 8.10. The first-order chi connectivity index (χ1) is 5.34. The molecule has 0 spiro atoms. The average Bonchev–Trinajstić information content (AvgIpc) is 2.03. The van der Waals surface area contributed by atoms with Gasteiger partial charge in [0, 0.05) is 11.6 Å². The molecule has 0 aromatic heterocycles. The number of benzene rings is 1. The highest BCUT2D eigenvalue weighted by Crippen LogP contribution is 2.13. The molecule has 0 unspecified atom stereocenters. The van der Waals surface area contributed by atoms with E-state index in [0.717, 1.165) is 10.6 Å². The first kappa shape index (κ1) is 8.53. The van der Waals surface area contributed by atoms with E-state index < -0.39 is 0 Å². The van der Waals surface area contributed by atoms with Crippen LogP contribution in [-0.4, -0.2) is 11.8 Å². The van der Waals surface area contributed by atoms with Crippen LogP contribution in [0.25, 0.3) is 0 Å². The minimum absolute atomic E-state index is 0.0226. The van der Waals surface area contributed by atoms with E-state index in [0.29, 0.717) is 6.54 Å². The Morgan fingerprint density at radius 2 is 2.09 bits per heavy atom. The predicted molar refractivity (Wildman–Crippen MR) is 45.4 cm³/mol. The van der Waals surface area contributed by atoms with Gasteiger partial charge in [-0.25, -0.2) is 0 Å². The van der Waals surface area contributed by atoms with E-state index in [9.17, 15) is 0 Å². The molecule has 0 amide bonds. The lowest BCUT2D eigenvalue weighted by molar-refractivity contribution is 0.259. The molecule has 2 N–H and O–H groups in total. The van der Waals surface area contributed by atoms with E-state index in [4.69, 9.17) is 16.7 Å². The molecule has 60 valence electrons. The van der Waals surface area contributed by atoms with Crippen molar-refractivity contribution in [3.8, 4) is 0 Å². The molecule has 0 aliphatic carbocycles. The molecular weight excluding hydrogens is 162 g/mol. The van der Waals surface area contributed by atoms with Crippen LogP contribution in [0.3, 0.4) is 0 Å². The summed E-state index contributed by atoms with van der Waals surface area (Å²) in [7, 11) is 0. The van der Waals surface area contributed by atoms with Gasteiger partial charge in [-0.1, -0.05) is 29.8 Å². The van der Waals surface area contributed by atoms with Crippen molar-refractivity contribution in [2.24, 2.45) is 0 Å². The van der Waals surface area contributed by atoms with Crippen LogP contribution in [0.15, 0.2) is 24.3 Å². The Labute approximate surface area is 70.8 Å². The van der Waals surface area contributed by atoms with Gasteiger partial charge in [-0.2, -0.15) is 0 Å². The molecule has 0 aliphatic heterocycles. The fourth-order valence-electron chi connectivity index (χ4n) is 0.832. The second kappa shape index (κ2) is 4.34. The number of nitrogens with one attached hydrogen (secondary N) is 1. The fourth-order valence-corrected chi connectivity index (χ4v) is 1.03. The topological polar surface area (TPSA) is 32.3 Å². The molecule has 0 saturated carbocycles. The first-order valence-electron chi connectivity index (χ1n) is 3.39. The second-order valence-electron chi connectivity index (χ2n) is 2.18. The van der Waals surface area contributed by atoms with Gasteiger partial charge in [0.25, 0.3) is 0 Å². The van der Waals surface area contributed by atoms with Crippen molar-refractivity contribution in [3.63, 3.8) is 0 Å². The number of halogens is 1. The Bertz CT molecular complexity index is 227. The summed E-state index contributed by atoms with van der Waals surface area (Å²) in [4.78, 5) is 0. The molecule has 11 heavy (non-hydrogen) atoms. The van der Waals surface area contributed by atoms with E-state index in [2.05, 4.69) is 5.32 Å². The Morgan fingerprint density at radius 3 is 2.73 bits per heavy atom. The van der Waals surface area contributed by atoms with Gasteiger partial charge >= 0.3 is 0 Å². The van der Waals surface area contributed by atoms with Gasteiger partial charge in [-0.15, -0.1) is 0 Å². The molecule has 0 atom stereocenters. The Morgan fingerprint density at radius 1 is 1.36 bits per heavy atom. The van der Waals surface area contributed by atoms with Crippen molar-refractivity contribution < 1.29 is 5.11 Å². The number of hydrogen-bond acceptors (Lipinski definition) is 2. The standard InChI is InChI=1S/C8H10ClNO/c9-8-4-2-1-3-7(8)5-10-6-11/h1-4,10-11H,5-6H2. The molecule has 0 bridgehead atoms. The minimum atomic E-state index is -0.0226. The molecule has 0 fully saturated rings. The van der Waals surface area contributed by atoms with E-state index in [1.165, 1.54) is 0 Å². The minimum Gasteiger partial charge on any atom is -0.381 e. The summed E-state index contributed by atoms with van der Waals surface area (Å²) in [6.45, 7) is 0.585. The molecular formula is C8H10ClNO. The van der Waals surface area contributed by atoms with Crippen LogP contribution in [0.1, 0.15) is 5.56 Å². The lowest BCUT2D eigenvalue weighted by atomic mass is 10.2. The van der Waals surface area contributed by atoms with Crippen molar-refractivity contribution >= 4 is 11.6 Å². The first-order valence-corrected chi connectivity index (χ1v) is 3.77. The zero-order valence-electron chi connectivity index (χ0n) is 6.05. The van der Waals surface area contributed by atoms with E-state index in [1.807, 2.05) is 24.3 Å². The SMILES string of the molecule is OCNCc1ccccc1Cl. The van der Waals surface area contributed by atoms with Crippen LogP contribution < -0.4 is 5.32 Å². The van der Waals surface area contributed by atoms with Crippen LogP contribution in [0.5, 0.6) is 0 Å². The molecule has 0 radical (unpaired) electrons. The van der Waals surface area contributed by atoms with Gasteiger partial charge < -0.3 is 5.11 Å².